The summed E-state index contributed by atoms with van der Waals surface area (Å²) < 4.78 is 42.8. The van der Waals surface area contributed by atoms with Gasteiger partial charge < -0.3 is 33.2 Å². The third-order valence-electron chi connectivity index (χ3n) is 6.48. The second kappa shape index (κ2) is 9.19. The molecule has 6 atom stereocenters. The van der Waals surface area contributed by atoms with E-state index in [9.17, 15) is 4.79 Å². The van der Waals surface area contributed by atoms with Crippen LogP contribution in [-0.2, 0) is 35.0 Å². The lowest BCUT2D eigenvalue weighted by Crippen LogP contribution is -2.63. The van der Waals surface area contributed by atoms with Gasteiger partial charge in [0.05, 0.1) is 19.3 Å². The van der Waals surface area contributed by atoms with Crippen molar-refractivity contribution in [3.05, 3.63) is 65.7 Å². The minimum Gasteiger partial charge on any atom is -0.497 e. The first kappa shape index (κ1) is 24.2. The Morgan fingerprint density at radius 2 is 1.29 bits per heavy atom. The van der Waals surface area contributed by atoms with Gasteiger partial charge in [-0.2, -0.15) is 0 Å². The van der Waals surface area contributed by atoms with Crippen LogP contribution in [0, 0.1) is 0 Å². The maximum Gasteiger partial charge on any atom is 0.338 e. The van der Waals surface area contributed by atoms with Crippen LogP contribution in [0.3, 0.4) is 0 Å². The molecule has 3 aliphatic rings. The molecule has 8 nitrogen and oxygen atoms in total. The average Bonchev–Trinajstić information content (AvgIpc) is 3.33. The SMILES string of the molecule is COc1ccc(CO[C@@H]2[C@H]3OC(C)(C)O[C@@H]3[C@H](OC(=O)c3ccccc3)[C@@H]3OC(C)(C)O[C@@H]23)cc1. The first-order valence-electron chi connectivity index (χ1n) is 11.9. The zero-order valence-electron chi connectivity index (χ0n) is 20.6. The quantitative estimate of drug-likeness (QED) is 0.572. The molecule has 2 saturated heterocycles. The van der Waals surface area contributed by atoms with Crippen molar-refractivity contribution >= 4 is 5.97 Å². The number of benzene rings is 2. The van der Waals surface area contributed by atoms with Gasteiger partial charge >= 0.3 is 5.97 Å². The lowest BCUT2D eigenvalue weighted by atomic mass is 9.84. The summed E-state index contributed by atoms with van der Waals surface area (Å²) in [6.07, 6.45) is -3.44. The maximum absolute atomic E-state index is 13.0. The largest absolute Gasteiger partial charge is 0.497 e. The molecular formula is C27H32O8. The van der Waals surface area contributed by atoms with Crippen molar-refractivity contribution in [2.75, 3.05) is 7.11 Å². The molecule has 2 aromatic carbocycles. The van der Waals surface area contributed by atoms with E-state index < -0.39 is 54.2 Å². The molecule has 0 unspecified atom stereocenters. The van der Waals surface area contributed by atoms with Crippen molar-refractivity contribution < 1.29 is 38.0 Å². The standard InChI is InChI=1S/C27H32O8/c1-26(2)32-21-19(30-15-16-11-13-18(29-5)14-12-16)22-24(35-27(3,4)33-22)20(23(21)34-26)31-25(28)17-9-7-6-8-10-17/h6-14,19-24H,15H2,1-5H3/t19-,20+,21-,22+,23-,24+. The molecule has 0 amide bonds. The van der Waals surface area contributed by atoms with Crippen LogP contribution in [-0.4, -0.2) is 61.3 Å². The van der Waals surface area contributed by atoms with Gasteiger partial charge in [-0.3, -0.25) is 0 Å². The highest BCUT2D eigenvalue weighted by Gasteiger charge is 2.65. The van der Waals surface area contributed by atoms with Crippen LogP contribution in [0.5, 0.6) is 5.75 Å². The molecule has 0 radical (unpaired) electrons. The van der Waals surface area contributed by atoms with E-state index in [2.05, 4.69) is 0 Å². The highest BCUT2D eigenvalue weighted by atomic mass is 16.8. The monoisotopic (exact) mass is 484 g/mol. The Morgan fingerprint density at radius 3 is 1.80 bits per heavy atom. The van der Waals surface area contributed by atoms with Crippen LogP contribution >= 0.6 is 0 Å². The van der Waals surface area contributed by atoms with Crippen LogP contribution < -0.4 is 4.74 Å². The summed E-state index contributed by atoms with van der Waals surface area (Å²) in [6, 6.07) is 16.5. The van der Waals surface area contributed by atoms with Gasteiger partial charge in [0.1, 0.15) is 36.3 Å². The molecule has 35 heavy (non-hydrogen) atoms. The smallest absolute Gasteiger partial charge is 0.338 e. The summed E-state index contributed by atoms with van der Waals surface area (Å²) in [5.41, 5.74) is 1.43. The number of carbonyl (C=O) groups excluding carboxylic acids is 1. The average molecular weight is 485 g/mol. The van der Waals surface area contributed by atoms with E-state index in [1.54, 1.807) is 31.4 Å². The molecule has 8 heteroatoms. The van der Waals surface area contributed by atoms with Gasteiger partial charge in [-0.25, -0.2) is 4.79 Å². The van der Waals surface area contributed by atoms with Crippen LogP contribution in [0.4, 0.5) is 0 Å². The van der Waals surface area contributed by atoms with Crippen LogP contribution in [0.2, 0.25) is 0 Å². The van der Waals surface area contributed by atoms with Gasteiger partial charge in [0.25, 0.3) is 0 Å². The van der Waals surface area contributed by atoms with Gasteiger partial charge in [-0.05, 0) is 57.5 Å². The van der Waals surface area contributed by atoms with Crippen LogP contribution in [0.25, 0.3) is 0 Å². The predicted molar refractivity (Wildman–Crippen MR) is 125 cm³/mol. The lowest BCUT2D eigenvalue weighted by molar-refractivity contribution is -0.190. The van der Waals surface area contributed by atoms with E-state index in [1.807, 2.05) is 58.0 Å². The van der Waals surface area contributed by atoms with Crippen molar-refractivity contribution in [3.8, 4) is 5.75 Å². The molecule has 5 rings (SSSR count). The van der Waals surface area contributed by atoms with Crippen molar-refractivity contribution in [2.45, 2.75) is 82.5 Å². The fourth-order valence-corrected chi connectivity index (χ4v) is 5.03. The maximum atomic E-state index is 13.0. The molecule has 1 saturated carbocycles. The van der Waals surface area contributed by atoms with E-state index in [0.29, 0.717) is 12.2 Å². The molecule has 3 fully saturated rings. The third-order valence-corrected chi connectivity index (χ3v) is 6.48. The Labute approximate surface area is 205 Å². The van der Waals surface area contributed by atoms with E-state index in [-0.39, 0.29) is 0 Å². The predicted octanol–water partition coefficient (Wildman–Crippen LogP) is 3.86. The molecule has 0 bridgehead atoms. The zero-order chi connectivity index (χ0) is 24.8. The van der Waals surface area contributed by atoms with Gasteiger partial charge in [0.2, 0.25) is 0 Å². The molecule has 0 N–H and O–H groups in total. The number of fused-ring (bicyclic) bond motifs is 2. The number of rotatable bonds is 6. The van der Waals surface area contributed by atoms with Crippen molar-refractivity contribution in [3.63, 3.8) is 0 Å². The zero-order valence-corrected chi connectivity index (χ0v) is 20.6. The van der Waals surface area contributed by atoms with Crippen LogP contribution in [0.15, 0.2) is 54.6 Å². The Kier molecular flexibility index (Phi) is 6.35. The number of carbonyl (C=O) groups is 1. The minimum absolute atomic E-state index is 0.336. The highest BCUT2D eigenvalue weighted by Crippen LogP contribution is 2.46. The number of ether oxygens (including phenoxy) is 7. The molecule has 0 spiro atoms. The minimum atomic E-state index is -0.886. The Morgan fingerprint density at radius 1 is 0.771 bits per heavy atom. The van der Waals surface area contributed by atoms with Crippen molar-refractivity contribution in [1.82, 2.24) is 0 Å². The van der Waals surface area contributed by atoms with Crippen LogP contribution in [0.1, 0.15) is 43.6 Å². The summed E-state index contributed by atoms with van der Waals surface area (Å²) in [4.78, 5) is 13.0. The molecular weight excluding hydrogens is 452 g/mol. The second-order valence-corrected chi connectivity index (χ2v) is 9.99. The topological polar surface area (TPSA) is 81.7 Å². The van der Waals surface area contributed by atoms with E-state index in [1.165, 1.54) is 0 Å². The molecule has 2 aromatic rings. The Hall–Kier alpha value is -2.49. The first-order valence-corrected chi connectivity index (χ1v) is 11.9. The van der Waals surface area contributed by atoms with Crippen molar-refractivity contribution in [2.24, 2.45) is 0 Å². The fraction of sp³-hybridized carbons (Fsp3) is 0.519. The second-order valence-electron chi connectivity index (χ2n) is 9.99. The summed E-state index contributed by atoms with van der Waals surface area (Å²) in [5, 5.41) is 0. The Bertz CT molecular complexity index is 1000. The highest BCUT2D eigenvalue weighted by molar-refractivity contribution is 5.89. The lowest BCUT2D eigenvalue weighted by Gasteiger charge is -2.42. The normalized spacial score (nSPS) is 32.5. The number of hydrogen-bond donors (Lipinski definition) is 0. The molecule has 2 heterocycles. The summed E-state index contributed by atoms with van der Waals surface area (Å²) in [5.74, 6) is -1.45. The van der Waals surface area contributed by atoms with Crippen molar-refractivity contribution in [1.29, 1.82) is 0 Å². The number of methoxy groups -OCH3 is 1. The molecule has 188 valence electrons. The van der Waals surface area contributed by atoms with E-state index >= 15 is 0 Å². The molecule has 1 aliphatic carbocycles. The first-order chi connectivity index (χ1) is 16.7. The van der Waals surface area contributed by atoms with E-state index in [4.69, 9.17) is 33.2 Å². The fourth-order valence-electron chi connectivity index (χ4n) is 5.03. The van der Waals surface area contributed by atoms with Gasteiger partial charge in [-0.1, -0.05) is 30.3 Å². The molecule has 2 aliphatic heterocycles. The van der Waals surface area contributed by atoms with E-state index in [0.717, 1.165) is 11.3 Å². The third kappa shape index (κ3) is 4.94. The number of hydrogen-bond acceptors (Lipinski definition) is 8. The van der Waals surface area contributed by atoms with Gasteiger partial charge in [0, 0.05) is 0 Å². The van der Waals surface area contributed by atoms with Gasteiger partial charge in [-0.15, -0.1) is 0 Å². The van der Waals surface area contributed by atoms with Gasteiger partial charge in [0.15, 0.2) is 17.7 Å². The summed E-state index contributed by atoms with van der Waals surface area (Å²) in [6.45, 7) is 7.68. The Balaban J connectivity index is 1.42. The summed E-state index contributed by atoms with van der Waals surface area (Å²) in [7, 11) is 1.63. The summed E-state index contributed by atoms with van der Waals surface area (Å²) >= 11 is 0. The molecule has 0 aromatic heterocycles. The number of esters is 1.